The quantitative estimate of drug-likeness (QED) is 0.656. The Labute approximate surface area is 146 Å². The lowest BCUT2D eigenvalue weighted by atomic mass is 10.1. The van der Waals surface area contributed by atoms with E-state index in [2.05, 4.69) is 26.4 Å². The van der Waals surface area contributed by atoms with E-state index in [1.807, 2.05) is 44.2 Å². The van der Waals surface area contributed by atoms with Crippen LogP contribution in [0.4, 0.5) is 5.69 Å². The van der Waals surface area contributed by atoms with Crippen molar-refractivity contribution in [1.29, 1.82) is 0 Å². The first-order valence-corrected chi connectivity index (χ1v) is 8.68. The lowest BCUT2D eigenvalue weighted by Crippen LogP contribution is -2.14. The Bertz CT molecular complexity index is 883. The number of nitrogens with zero attached hydrogens (tertiary/aromatic N) is 1. The summed E-state index contributed by atoms with van der Waals surface area (Å²) >= 11 is 4.94. The van der Waals surface area contributed by atoms with Gasteiger partial charge in [0.2, 0.25) is 0 Å². The number of hydrogen-bond donors (Lipinski definition) is 1. The van der Waals surface area contributed by atoms with Crippen molar-refractivity contribution in [2.75, 3.05) is 5.32 Å². The van der Waals surface area contributed by atoms with Crippen LogP contribution in [0.25, 0.3) is 10.6 Å². The highest BCUT2D eigenvalue weighted by Crippen LogP contribution is 2.34. The number of halogens is 1. The average molecular weight is 391 g/mol. The summed E-state index contributed by atoms with van der Waals surface area (Å²) in [5, 5.41) is 7.02. The molecule has 0 spiro atoms. The second-order valence-corrected chi connectivity index (χ2v) is 7.73. The summed E-state index contributed by atoms with van der Waals surface area (Å²) in [5.41, 5.74) is 4.03. The van der Waals surface area contributed by atoms with Crippen LogP contribution in [0.5, 0.6) is 0 Å². The Kier molecular flexibility index (Phi) is 4.37. The summed E-state index contributed by atoms with van der Waals surface area (Å²) in [6.07, 6.45) is 0. The van der Waals surface area contributed by atoms with Crippen molar-refractivity contribution in [3.8, 4) is 10.6 Å². The summed E-state index contributed by atoms with van der Waals surface area (Å²) < 4.78 is 6.23. The molecule has 0 aliphatic rings. The van der Waals surface area contributed by atoms with Gasteiger partial charge >= 0.3 is 0 Å². The standard InChI is InChI=1S/C17H15BrN2O2S/c1-9-5-4-6-12(10(9)2)19-17(21)15-11(3)22-20-16(15)13-7-8-14(18)23-13/h4-8H,1-3H3,(H,19,21). The van der Waals surface area contributed by atoms with Crippen LogP contribution in [0.2, 0.25) is 0 Å². The van der Waals surface area contributed by atoms with Crippen LogP contribution < -0.4 is 5.32 Å². The molecule has 3 rings (SSSR count). The molecule has 1 aromatic carbocycles. The van der Waals surface area contributed by atoms with Crippen molar-refractivity contribution in [3.63, 3.8) is 0 Å². The van der Waals surface area contributed by atoms with Gasteiger partial charge in [-0.3, -0.25) is 4.79 Å². The number of amides is 1. The molecule has 2 heterocycles. The summed E-state index contributed by atoms with van der Waals surface area (Å²) in [4.78, 5) is 13.6. The molecule has 0 aliphatic carbocycles. The number of hydrogen-bond acceptors (Lipinski definition) is 4. The number of anilines is 1. The monoisotopic (exact) mass is 390 g/mol. The number of aryl methyl sites for hydroxylation is 2. The van der Waals surface area contributed by atoms with Gasteiger partial charge in [-0.15, -0.1) is 11.3 Å². The number of carbonyl (C=O) groups is 1. The second-order valence-electron chi connectivity index (χ2n) is 5.27. The van der Waals surface area contributed by atoms with Crippen molar-refractivity contribution in [2.45, 2.75) is 20.8 Å². The fourth-order valence-electron chi connectivity index (χ4n) is 2.32. The van der Waals surface area contributed by atoms with Crippen molar-refractivity contribution in [3.05, 3.63) is 56.6 Å². The van der Waals surface area contributed by atoms with Gasteiger partial charge in [-0.25, -0.2) is 0 Å². The van der Waals surface area contributed by atoms with Crippen LogP contribution in [0.15, 0.2) is 38.6 Å². The van der Waals surface area contributed by atoms with E-state index in [9.17, 15) is 4.79 Å². The van der Waals surface area contributed by atoms with Gasteiger partial charge in [0.25, 0.3) is 5.91 Å². The van der Waals surface area contributed by atoms with E-state index in [1.54, 1.807) is 6.92 Å². The normalized spacial score (nSPS) is 10.8. The van der Waals surface area contributed by atoms with Crippen LogP contribution in [-0.4, -0.2) is 11.1 Å². The highest BCUT2D eigenvalue weighted by molar-refractivity contribution is 9.11. The molecule has 6 heteroatoms. The molecule has 118 valence electrons. The predicted molar refractivity (Wildman–Crippen MR) is 96.1 cm³/mol. The molecule has 2 aromatic heterocycles. The van der Waals surface area contributed by atoms with E-state index in [0.717, 1.165) is 25.5 Å². The Morgan fingerprint density at radius 1 is 1.22 bits per heavy atom. The van der Waals surface area contributed by atoms with E-state index in [4.69, 9.17) is 4.52 Å². The molecule has 0 unspecified atom stereocenters. The van der Waals surface area contributed by atoms with Crippen LogP contribution >= 0.6 is 27.3 Å². The van der Waals surface area contributed by atoms with Gasteiger partial charge in [0, 0.05) is 5.69 Å². The van der Waals surface area contributed by atoms with E-state index >= 15 is 0 Å². The highest BCUT2D eigenvalue weighted by atomic mass is 79.9. The maximum absolute atomic E-state index is 12.7. The molecular formula is C17H15BrN2O2S. The molecular weight excluding hydrogens is 376 g/mol. The van der Waals surface area contributed by atoms with Crippen LogP contribution in [0.3, 0.4) is 0 Å². The Balaban J connectivity index is 1.97. The number of benzene rings is 1. The van der Waals surface area contributed by atoms with Crippen LogP contribution in [-0.2, 0) is 0 Å². The van der Waals surface area contributed by atoms with Gasteiger partial charge in [0.05, 0.1) is 8.66 Å². The summed E-state index contributed by atoms with van der Waals surface area (Å²) in [6.45, 7) is 5.75. The number of thiophene rings is 1. The topological polar surface area (TPSA) is 55.1 Å². The number of nitrogens with one attached hydrogen (secondary N) is 1. The Hall–Kier alpha value is -1.92. The number of rotatable bonds is 3. The zero-order valence-electron chi connectivity index (χ0n) is 12.9. The summed E-state index contributed by atoms with van der Waals surface area (Å²) in [7, 11) is 0. The molecule has 0 aliphatic heterocycles. The van der Waals surface area contributed by atoms with Gasteiger partial charge in [0.15, 0.2) is 0 Å². The lowest BCUT2D eigenvalue weighted by molar-refractivity contribution is 0.102. The average Bonchev–Trinajstić information content (AvgIpc) is 3.09. The molecule has 3 aromatic rings. The molecule has 0 atom stereocenters. The van der Waals surface area contributed by atoms with E-state index in [1.165, 1.54) is 11.3 Å². The molecule has 1 N–H and O–H groups in total. The first-order chi connectivity index (χ1) is 11.0. The summed E-state index contributed by atoms with van der Waals surface area (Å²) in [5.74, 6) is 0.296. The van der Waals surface area contributed by atoms with Crippen LogP contribution in [0, 0.1) is 20.8 Å². The van der Waals surface area contributed by atoms with Crippen LogP contribution in [0.1, 0.15) is 27.2 Å². The number of aromatic nitrogens is 1. The van der Waals surface area contributed by atoms with Gasteiger partial charge in [-0.05, 0) is 66.0 Å². The molecule has 0 fully saturated rings. The largest absolute Gasteiger partial charge is 0.360 e. The second kappa shape index (κ2) is 6.29. The van der Waals surface area contributed by atoms with E-state index in [0.29, 0.717) is 17.0 Å². The minimum absolute atomic E-state index is 0.211. The van der Waals surface area contributed by atoms with Gasteiger partial charge in [-0.1, -0.05) is 17.3 Å². The molecule has 0 radical (unpaired) electrons. The molecule has 1 amide bonds. The predicted octanol–water partition coefficient (Wildman–Crippen LogP) is 5.34. The van der Waals surface area contributed by atoms with Crippen molar-refractivity contribution < 1.29 is 9.32 Å². The fourth-order valence-corrected chi connectivity index (χ4v) is 3.69. The van der Waals surface area contributed by atoms with Crippen molar-refractivity contribution in [1.82, 2.24) is 5.16 Å². The molecule has 0 bridgehead atoms. The first kappa shape index (κ1) is 16.0. The highest BCUT2D eigenvalue weighted by Gasteiger charge is 2.23. The molecule has 23 heavy (non-hydrogen) atoms. The smallest absolute Gasteiger partial charge is 0.261 e. The maximum Gasteiger partial charge on any atom is 0.261 e. The summed E-state index contributed by atoms with van der Waals surface area (Å²) in [6, 6.07) is 9.68. The molecule has 0 saturated carbocycles. The zero-order chi connectivity index (χ0) is 16.6. The third-order valence-corrected chi connectivity index (χ3v) is 5.38. The van der Waals surface area contributed by atoms with Gasteiger partial charge in [-0.2, -0.15) is 0 Å². The van der Waals surface area contributed by atoms with Crippen molar-refractivity contribution in [2.24, 2.45) is 0 Å². The van der Waals surface area contributed by atoms with E-state index < -0.39 is 0 Å². The van der Waals surface area contributed by atoms with Gasteiger partial charge < -0.3 is 9.84 Å². The maximum atomic E-state index is 12.7. The number of carbonyl (C=O) groups excluding carboxylic acids is 1. The van der Waals surface area contributed by atoms with Gasteiger partial charge in [0.1, 0.15) is 17.0 Å². The minimum Gasteiger partial charge on any atom is -0.360 e. The molecule has 4 nitrogen and oxygen atoms in total. The Morgan fingerprint density at radius 3 is 2.70 bits per heavy atom. The Morgan fingerprint density at radius 2 is 2.00 bits per heavy atom. The zero-order valence-corrected chi connectivity index (χ0v) is 15.3. The fraction of sp³-hybridized carbons (Fsp3) is 0.176. The third kappa shape index (κ3) is 3.09. The first-order valence-electron chi connectivity index (χ1n) is 7.07. The SMILES string of the molecule is Cc1cccc(NC(=O)c2c(-c3ccc(Br)s3)noc2C)c1C. The third-order valence-electron chi connectivity index (χ3n) is 3.75. The van der Waals surface area contributed by atoms with E-state index in [-0.39, 0.29) is 5.91 Å². The lowest BCUT2D eigenvalue weighted by Gasteiger charge is -2.10. The van der Waals surface area contributed by atoms with Crippen molar-refractivity contribution >= 4 is 38.9 Å². The molecule has 0 saturated heterocycles. The minimum atomic E-state index is -0.211.